The second kappa shape index (κ2) is 7.50. The number of allylic oxidation sites excluding steroid dienone is 2. The van der Waals surface area contributed by atoms with Gasteiger partial charge in [-0.05, 0) is 57.0 Å². The molecule has 2 aliphatic rings. The molecule has 0 aromatic carbocycles. The lowest BCUT2D eigenvalue weighted by Crippen LogP contribution is -2.50. The number of nitrogens with two attached hydrogens (primary N) is 1. The highest BCUT2D eigenvalue weighted by molar-refractivity contribution is 7.97. The average Bonchev–Trinajstić information content (AvgIpc) is 2.96. The van der Waals surface area contributed by atoms with Crippen molar-refractivity contribution in [3.63, 3.8) is 0 Å². The van der Waals surface area contributed by atoms with Gasteiger partial charge in [0.1, 0.15) is 0 Å². The van der Waals surface area contributed by atoms with E-state index < -0.39 is 20.5 Å². The van der Waals surface area contributed by atoms with E-state index in [9.17, 15) is 13.2 Å². The Balaban J connectivity index is 2.38. The molecule has 3 N–H and O–H groups in total. The molecular weight excluding hydrogens is 340 g/mol. The summed E-state index contributed by atoms with van der Waals surface area (Å²) < 4.78 is 30.3. The van der Waals surface area contributed by atoms with Gasteiger partial charge < -0.3 is 15.8 Å². The molecule has 2 fully saturated rings. The van der Waals surface area contributed by atoms with Crippen molar-refractivity contribution < 1.29 is 17.9 Å². The Morgan fingerprint density at radius 2 is 1.92 bits per heavy atom. The normalized spacial score (nSPS) is 26.6. The van der Waals surface area contributed by atoms with Crippen molar-refractivity contribution in [3.05, 3.63) is 23.3 Å². The van der Waals surface area contributed by atoms with E-state index in [-0.39, 0.29) is 10.3 Å². The Bertz CT molecular complexity index is 663. The molecule has 1 saturated heterocycles. The number of hydrogen-bond acceptors (Lipinski definition) is 5. The van der Waals surface area contributed by atoms with Gasteiger partial charge in [0, 0.05) is 11.3 Å². The number of piperidine rings is 1. The van der Waals surface area contributed by atoms with Crippen molar-refractivity contribution >= 4 is 15.7 Å². The Kier molecular flexibility index (Phi) is 5.99. The van der Waals surface area contributed by atoms with Crippen LogP contribution in [0.2, 0.25) is 0 Å². The number of ether oxygens (including phenoxy) is 1. The first-order valence-electron chi connectivity index (χ1n) is 8.89. The van der Waals surface area contributed by atoms with Crippen molar-refractivity contribution in [3.8, 4) is 0 Å². The fourth-order valence-corrected chi connectivity index (χ4v) is 6.53. The van der Waals surface area contributed by atoms with Gasteiger partial charge in [-0.25, -0.2) is 8.42 Å². The second-order valence-corrected chi connectivity index (χ2v) is 9.57. The summed E-state index contributed by atoms with van der Waals surface area (Å²) in [5.74, 6) is -0.233. The summed E-state index contributed by atoms with van der Waals surface area (Å²) in [6.07, 6.45) is 5.41. The summed E-state index contributed by atoms with van der Waals surface area (Å²) in [4.78, 5) is 12.6. The zero-order chi connectivity index (χ0) is 18.7. The first-order valence-corrected chi connectivity index (χ1v) is 10.4. The number of amides is 1. The molecule has 1 unspecified atom stereocenters. The summed E-state index contributed by atoms with van der Waals surface area (Å²) in [5.41, 5.74) is 5.59. The molecule has 0 aromatic rings. The topological polar surface area (TPSA) is 98.5 Å². The molecule has 0 bridgehead atoms. The number of hydrogen-bond donors (Lipinski definition) is 2. The zero-order valence-electron chi connectivity index (χ0n) is 15.3. The van der Waals surface area contributed by atoms with Crippen molar-refractivity contribution in [2.24, 2.45) is 11.1 Å². The van der Waals surface area contributed by atoms with E-state index in [1.165, 1.54) is 7.11 Å². The van der Waals surface area contributed by atoms with E-state index in [1.54, 1.807) is 13.0 Å². The van der Waals surface area contributed by atoms with Crippen LogP contribution in [0, 0.1) is 5.41 Å². The molecule has 1 spiro atoms. The smallest absolute Gasteiger partial charge is 0.239 e. The van der Waals surface area contributed by atoms with Crippen molar-refractivity contribution in [2.45, 2.75) is 56.6 Å². The van der Waals surface area contributed by atoms with Crippen LogP contribution in [0.25, 0.3) is 0 Å². The lowest BCUT2D eigenvalue weighted by Gasteiger charge is -2.36. The monoisotopic (exact) mass is 370 g/mol. The van der Waals surface area contributed by atoms with Crippen LogP contribution < -0.4 is 11.1 Å². The number of nitrogens with one attached hydrogen (secondary N) is 1. The predicted molar refractivity (Wildman–Crippen MR) is 98.4 cm³/mol. The molecular formula is C18H30N2O4S. The van der Waals surface area contributed by atoms with Crippen LogP contribution in [0.1, 0.15) is 51.9 Å². The van der Waals surface area contributed by atoms with Crippen LogP contribution in [0.5, 0.6) is 0 Å². The molecule has 1 aliphatic heterocycles. The van der Waals surface area contributed by atoms with Gasteiger partial charge in [0.05, 0.1) is 12.9 Å². The van der Waals surface area contributed by atoms with Gasteiger partial charge in [-0.3, -0.25) is 4.79 Å². The Morgan fingerprint density at radius 3 is 2.44 bits per heavy atom. The highest BCUT2D eigenvalue weighted by atomic mass is 32.2. The van der Waals surface area contributed by atoms with Gasteiger partial charge in [0.25, 0.3) is 0 Å². The quantitative estimate of drug-likeness (QED) is 0.668. The third kappa shape index (κ3) is 3.62. The third-order valence-corrected chi connectivity index (χ3v) is 8.61. The number of sulfone groups is 1. The maximum Gasteiger partial charge on any atom is 0.239 e. The van der Waals surface area contributed by atoms with Crippen molar-refractivity contribution in [2.75, 3.05) is 20.2 Å². The van der Waals surface area contributed by atoms with Crippen LogP contribution in [0.3, 0.4) is 0 Å². The van der Waals surface area contributed by atoms with Gasteiger partial charge in [-0.15, -0.1) is 0 Å². The summed E-state index contributed by atoms with van der Waals surface area (Å²) >= 11 is 0. The Morgan fingerprint density at radius 1 is 1.28 bits per heavy atom. The van der Waals surface area contributed by atoms with Crippen LogP contribution in [-0.4, -0.2) is 39.3 Å². The molecule has 142 valence electrons. The maximum absolute atomic E-state index is 13.4. The fraction of sp³-hybridized carbons (Fsp3) is 0.722. The Hall–Kier alpha value is -1.34. The highest BCUT2D eigenvalue weighted by Crippen LogP contribution is 2.54. The molecule has 1 heterocycles. The minimum Gasteiger partial charge on any atom is -0.501 e. The SMILES string of the molecule is C=C(C/C=C(\CC)S(=O)(=O)C1(C(N)=O)CCC2(CCNCC2)C1)OC. The number of carbonyl (C=O) groups excluding carboxylic acids is 1. The summed E-state index contributed by atoms with van der Waals surface area (Å²) in [5, 5.41) is 3.30. The predicted octanol–water partition coefficient (Wildman–Crippen LogP) is 2.02. The Labute approximate surface area is 150 Å². The molecule has 2 rings (SSSR count). The van der Waals surface area contributed by atoms with Gasteiger partial charge in [0.15, 0.2) is 14.6 Å². The van der Waals surface area contributed by atoms with E-state index in [1.807, 2.05) is 0 Å². The molecule has 0 radical (unpaired) electrons. The van der Waals surface area contributed by atoms with Crippen LogP contribution in [0.15, 0.2) is 23.3 Å². The first-order chi connectivity index (χ1) is 11.7. The van der Waals surface area contributed by atoms with Gasteiger partial charge in [-0.1, -0.05) is 19.6 Å². The van der Waals surface area contributed by atoms with Gasteiger partial charge in [0.2, 0.25) is 5.91 Å². The van der Waals surface area contributed by atoms with E-state index in [0.29, 0.717) is 31.4 Å². The third-order valence-electron chi connectivity index (χ3n) is 5.89. The highest BCUT2D eigenvalue weighted by Gasteiger charge is 2.59. The maximum atomic E-state index is 13.4. The fourth-order valence-electron chi connectivity index (χ4n) is 4.21. The minimum atomic E-state index is -3.82. The van der Waals surface area contributed by atoms with E-state index in [0.717, 1.165) is 32.4 Å². The first kappa shape index (κ1) is 20.0. The standard InChI is InChI=1S/C18H30N2O4S/c1-4-15(6-5-14(2)24-3)25(22,23)18(16(19)21)8-7-17(13-18)9-11-20-12-10-17/h6,20H,2,4-5,7-13H2,1,3H3,(H2,19,21)/b15-6+. The molecule has 1 aliphatic carbocycles. The average molecular weight is 371 g/mol. The van der Waals surface area contributed by atoms with Crippen LogP contribution in [-0.2, 0) is 19.4 Å². The van der Waals surface area contributed by atoms with Crippen molar-refractivity contribution in [1.82, 2.24) is 5.32 Å². The molecule has 25 heavy (non-hydrogen) atoms. The lowest BCUT2D eigenvalue weighted by atomic mass is 9.77. The van der Waals surface area contributed by atoms with Gasteiger partial charge in [-0.2, -0.15) is 0 Å². The van der Waals surface area contributed by atoms with Crippen LogP contribution >= 0.6 is 0 Å². The summed E-state index contributed by atoms with van der Waals surface area (Å²) in [7, 11) is -2.32. The molecule has 7 heteroatoms. The number of carbonyl (C=O) groups is 1. The molecule has 1 atom stereocenters. The number of primary amides is 1. The second-order valence-electron chi connectivity index (χ2n) is 7.26. The molecule has 1 amide bonds. The summed E-state index contributed by atoms with van der Waals surface area (Å²) in [6, 6.07) is 0. The van der Waals surface area contributed by atoms with E-state index in [2.05, 4.69) is 11.9 Å². The summed E-state index contributed by atoms with van der Waals surface area (Å²) in [6.45, 7) is 7.22. The number of rotatable bonds is 7. The largest absolute Gasteiger partial charge is 0.501 e. The van der Waals surface area contributed by atoms with E-state index >= 15 is 0 Å². The molecule has 6 nitrogen and oxygen atoms in total. The van der Waals surface area contributed by atoms with Crippen LogP contribution in [0.4, 0.5) is 0 Å². The van der Waals surface area contributed by atoms with Gasteiger partial charge >= 0.3 is 0 Å². The van der Waals surface area contributed by atoms with Crippen molar-refractivity contribution in [1.29, 1.82) is 0 Å². The lowest BCUT2D eigenvalue weighted by molar-refractivity contribution is -0.120. The molecule has 1 saturated carbocycles. The zero-order valence-corrected chi connectivity index (χ0v) is 16.1. The van der Waals surface area contributed by atoms with E-state index in [4.69, 9.17) is 10.5 Å². The minimum absolute atomic E-state index is 0.0949. The number of methoxy groups -OCH3 is 1. The molecule has 0 aromatic heterocycles.